The monoisotopic (exact) mass is 419 g/mol. The van der Waals surface area contributed by atoms with Crippen LogP contribution in [0, 0.1) is 11.3 Å². The first-order valence-corrected chi connectivity index (χ1v) is 11.0. The minimum atomic E-state index is -4.06. The molecule has 0 saturated heterocycles. The van der Waals surface area contributed by atoms with E-state index in [1.807, 2.05) is 0 Å². The molecule has 0 aliphatic heterocycles. The molecule has 0 saturated carbocycles. The molecule has 156 valence electrons. The molecule has 2 rings (SSSR count). The van der Waals surface area contributed by atoms with Gasteiger partial charge in [-0.25, -0.2) is 8.42 Å². The summed E-state index contributed by atoms with van der Waals surface area (Å²) in [5, 5.41) is 11.7. The largest absolute Gasteiger partial charge is 0.452 e. The Morgan fingerprint density at radius 3 is 2.72 bits per heavy atom. The van der Waals surface area contributed by atoms with Gasteiger partial charge in [0.2, 0.25) is 10.0 Å². The molecule has 2 N–H and O–H groups in total. The molecule has 0 bridgehead atoms. The summed E-state index contributed by atoms with van der Waals surface area (Å²) in [6.07, 6.45) is 6.43. The zero-order valence-corrected chi connectivity index (χ0v) is 17.1. The van der Waals surface area contributed by atoms with Crippen molar-refractivity contribution in [2.24, 2.45) is 0 Å². The van der Waals surface area contributed by atoms with Gasteiger partial charge in [0, 0.05) is 6.54 Å². The summed E-state index contributed by atoms with van der Waals surface area (Å²) >= 11 is 0. The first kappa shape index (κ1) is 22.6. The second kappa shape index (κ2) is 10.7. The van der Waals surface area contributed by atoms with Crippen LogP contribution in [0.3, 0.4) is 0 Å². The number of sulfonamides is 1. The number of benzene rings is 1. The average Bonchev–Trinajstić information content (AvgIpc) is 2.73. The molecular formula is C20H25N3O5S. The Kier molecular flexibility index (Phi) is 8.36. The normalized spacial score (nSPS) is 15.0. The highest BCUT2D eigenvalue weighted by Gasteiger charge is 2.22. The number of hydrogen-bond donors (Lipinski definition) is 2. The predicted octanol–water partition coefficient (Wildman–Crippen LogP) is 1.77. The second-order valence-electron chi connectivity index (χ2n) is 6.71. The number of hydrogen-bond acceptors (Lipinski definition) is 6. The van der Waals surface area contributed by atoms with Crippen molar-refractivity contribution in [2.45, 2.75) is 50.0 Å². The van der Waals surface area contributed by atoms with Gasteiger partial charge in [0.25, 0.3) is 5.91 Å². The number of nitriles is 1. The van der Waals surface area contributed by atoms with Crippen molar-refractivity contribution in [2.75, 3.05) is 13.1 Å². The van der Waals surface area contributed by atoms with E-state index < -0.39 is 34.5 Å². The Morgan fingerprint density at radius 2 is 2.03 bits per heavy atom. The molecular weight excluding hydrogens is 394 g/mol. The summed E-state index contributed by atoms with van der Waals surface area (Å²) in [4.78, 5) is 23.7. The van der Waals surface area contributed by atoms with Crippen LogP contribution in [0.5, 0.6) is 0 Å². The van der Waals surface area contributed by atoms with Gasteiger partial charge in [0.05, 0.1) is 10.5 Å². The summed E-state index contributed by atoms with van der Waals surface area (Å²) in [7, 11) is -4.06. The summed E-state index contributed by atoms with van der Waals surface area (Å²) < 4.78 is 31.6. The highest BCUT2D eigenvalue weighted by atomic mass is 32.2. The molecule has 1 aromatic carbocycles. The molecule has 1 aliphatic carbocycles. The van der Waals surface area contributed by atoms with Crippen molar-refractivity contribution in [3.8, 4) is 6.07 Å². The van der Waals surface area contributed by atoms with Gasteiger partial charge in [-0.3, -0.25) is 9.59 Å². The number of amides is 1. The molecule has 0 fully saturated rings. The first-order valence-electron chi connectivity index (χ1n) is 9.47. The fourth-order valence-corrected chi connectivity index (χ4v) is 4.06. The predicted molar refractivity (Wildman–Crippen MR) is 106 cm³/mol. The number of carbonyl (C=O) groups excluding carboxylic acids is 2. The van der Waals surface area contributed by atoms with Crippen LogP contribution >= 0.6 is 0 Å². The molecule has 1 aromatic rings. The quantitative estimate of drug-likeness (QED) is 0.464. The van der Waals surface area contributed by atoms with Crippen LogP contribution in [-0.2, 0) is 24.3 Å². The van der Waals surface area contributed by atoms with Crippen molar-refractivity contribution < 1.29 is 22.7 Å². The van der Waals surface area contributed by atoms with Gasteiger partial charge >= 0.3 is 5.97 Å². The maximum Gasteiger partial charge on any atom is 0.321 e. The van der Waals surface area contributed by atoms with E-state index in [1.165, 1.54) is 49.6 Å². The van der Waals surface area contributed by atoms with E-state index in [0.29, 0.717) is 6.54 Å². The van der Waals surface area contributed by atoms with E-state index in [4.69, 9.17) is 10.00 Å². The summed E-state index contributed by atoms with van der Waals surface area (Å²) in [6, 6.07) is 7.43. The fraction of sp³-hybridized carbons (Fsp3) is 0.450. The van der Waals surface area contributed by atoms with Gasteiger partial charge in [-0.05, 0) is 51.2 Å². The standard InChI is InChI=1S/C20H25N3O5S/c1-15(20(25)22-12-11-16-7-3-2-4-8-16)28-19(24)14-23-29(26,27)18-10-6-5-9-17(18)13-21/h5-7,9-10,15,23H,2-4,8,11-12,14H2,1H3,(H,22,25)/t15-/m0/s1. The molecule has 0 radical (unpaired) electrons. The molecule has 8 nitrogen and oxygen atoms in total. The van der Waals surface area contributed by atoms with E-state index in [1.54, 1.807) is 6.07 Å². The van der Waals surface area contributed by atoms with Crippen LogP contribution in [0.25, 0.3) is 0 Å². The number of ether oxygens (including phenoxy) is 1. The summed E-state index contributed by atoms with van der Waals surface area (Å²) in [5.74, 6) is -1.33. The zero-order chi connectivity index (χ0) is 21.3. The highest BCUT2D eigenvalue weighted by molar-refractivity contribution is 7.89. The first-order chi connectivity index (χ1) is 13.8. The number of carbonyl (C=O) groups is 2. The average molecular weight is 420 g/mol. The van der Waals surface area contributed by atoms with Crippen molar-refractivity contribution in [3.05, 3.63) is 41.5 Å². The van der Waals surface area contributed by atoms with Crippen LogP contribution in [-0.4, -0.2) is 39.5 Å². The van der Waals surface area contributed by atoms with E-state index >= 15 is 0 Å². The SMILES string of the molecule is C[C@H](OC(=O)CNS(=O)(=O)c1ccccc1C#N)C(=O)NCCC1=CCCCC1. The number of rotatable bonds is 9. The molecule has 1 aliphatic rings. The molecule has 0 unspecified atom stereocenters. The Morgan fingerprint density at radius 1 is 1.28 bits per heavy atom. The van der Waals surface area contributed by atoms with Crippen molar-refractivity contribution in [3.63, 3.8) is 0 Å². The van der Waals surface area contributed by atoms with Gasteiger partial charge in [-0.2, -0.15) is 9.98 Å². The van der Waals surface area contributed by atoms with Gasteiger partial charge in [-0.1, -0.05) is 23.8 Å². The van der Waals surface area contributed by atoms with E-state index in [2.05, 4.69) is 16.1 Å². The fourth-order valence-electron chi connectivity index (χ4n) is 2.94. The Bertz CT molecular complexity index is 918. The maximum absolute atomic E-state index is 12.3. The summed E-state index contributed by atoms with van der Waals surface area (Å²) in [6.45, 7) is 1.24. The van der Waals surface area contributed by atoms with Crippen LogP contribution in [0.1, 0.15) is 44.6 Å². The lowest BCUT2D eigenvalue weighted by atomic mass is 9.97. The third kappa shape index (κ3) is 7.00. The van der Waals surface area contributed by atoms with E-state index in [0.717, 1.165) is 19.3 Å². The smallest absolute Gasteiger partial charge is 0.321 e. The Balaban J connectivity index is 1.78. The number of nitrogens with zero attached hydrogens (tertiary/aromatic N) is 1. The lowest BCUT2D eigenvalue weighted by Gasteiger charge is -2.16. The second-order valence-corrected chi connectivity index (χ2v) is 8.45. The van der Waals surface area contributed by atoms with Gasteiger partial charge in [-0.15, -0.1) is 0 Å². The number of nitrogens with one attached hydrogen (secondary N) is 2. The minimum absolute atomic E-state index is 0.0332. The molecule has 0 spiro atoms. The molecule has 0 aromatic heterocycles. The lowest BCUT2D eigenvalue weighted by Crippen LogP contribution is -2.39. The van der Waals surface area contributed by atoms with Crippen molar-refractivity contribution in [1.82, 2.24) is 10.0 Å². The Labute approximate surface area is 171 Å². The van der Waals surface area contributed by atoms with Crippen LogP contribution in [0.4, 0.5) is 0 Å². The maximum atomic E-state index is 12.3. The number of allylic oxidation sites excluding steroid dienone is 1. The lowest BCUT2D eigenvalue weighted by molar-refractivity contribution is -0.153. The van der Waals surface area contributed by atoms with Gasteiger partial charge in [0.1, 0.15) is 12.6 Å². The Hall–Kier alpha value is -2.70. The highest BCUT2D eigenvalue weighted by Crippen LogP contribution is 2.19. The van der Waals surface area contributed by atoms with Crippen molar-refractivity contribution in [1.29, 1.82) is 5.26 Å². The zero-order valence-electron chi connectivity index (χ0n) is 16.3. The van der Waals surface area contributed by atoms with Crippen LogP contribution in [0.15, 0.2) is 40.8 Å². The molecule has 1 atom stereocenters. The van der Waals surface area contributed by atoms with E-state index in [9.17, 15) is 18.0 Å². The van der Waals surface area contributed by atoms with Crippen molar-refractivity contribution >= 4 is 21.9 Å². The van der Waals surface area contributed by atoms with Gasteiger partial charge in [0.15, 0.2) is 6.10 Å². The topological polar surface area (TPSA) is 125 Å². The minimum Gasteiger partial charge on any atom is -0.452 e. The summed E-state index contributed by atoms with van der Waals surface area (Å²) in [5.41, 5.74) is 1.29. The van der Waals surface area contributed by atoms with E-state index in [-0.39, 0.29) is 10.5 Å². The molecule has 1 amide bonds. The van der Waals surface area contributed by atoms with Crippen LogP contribution in [0.2, 0.25) is 0 Å². The molecule has 0 heterocycles. The van der Waals surface area contributed by atoms with Crippen LogP contribution < -0.4 is 10.0 Å². The third-order valence-corrected chi connectivity index (χ3v) is 5.97. The molecule has 29 heavy (non-hydrogen) atoms. The third-order valence-electron chi connectivity index (χ3n) is 4.51. The molecule has 9 heteroatoms. The number of esters is 1. The van der Waals surface area contributed by atoms with Gasteiger partial charge < -0.3 is 10.1 Å².